The van der Waals surface area contributed by atoms with Gasteiger partial charge in [0.25, 0.3) is 0 Å². The van der Waals surface area contributed by atoms with E-state index in [0.29, 0.717) is 10.7 Å². The van der Waals surface area contributed by atoms with Crippen LogP contribution in [0.5, 0.6) is 5.75 Å². The minimum Gasteiger partial charge on any atom is -0.479 e. The normalized spacial score (nSPS) is 15.2. The Hall–Kier alpha value is -2.32. The van der Waals surface area contributed by atoms with Crippen LogP contribution in [0.25, 0.3) is 19.5 Å². The summed E-state index contributed by atoms with van der Waals surface area (Å²) in [6.07, 6.45) is 6.16. The lowest BCUT2D eigenvalue weighted by Gasteiger charge is -2.33. The first kappa shape index (κ1) is 19.0. The van der Waals surface area contributed by atoms with Crippen molar-refractivity contribution in [2.24, 2.45) is 0 Å². The summed E-state index contributed by atoms with van der Waals surface area (Å²) in [7, 11) is 2.13. The van der Waals surface area contributed by atoms with Crippen molar-refractivity contribution in [3.8, 4) is 5.75 Å². The van der Waals surface area contributed by atoms with Gasteiger partial charge in [-0.05, 0) is 18.9 Å². The van der Waals surface area contributed by atoms with Gasteiger partial charge in [0.2, 0.25) is 0 Å². The van der Waals surface area contributed by atoms with E-state index in [0.717, 1.165) is 31.8 Å². The number of benzene rings is 1. The molecule has 1 saturated carbocycles. The summed E-state index contributed by atoms with van der Waals surface area (Å²) < 4.78 is 8.03. The Morgan fingerprint density at radius 3 is 2.54 bits per heavy atom. The van der Waals surface area contributed by atoms with Gasteiger partial charge in [-0.1, -0.05) is 31.4 Å². The van der Waals surface area contributed by atoms with Gasteiger partial charge in [-0.3, -0.25) is 0 Å². The third-order valence-electron chi connectivity index (χ3n) is 5.30. The molecular formula is C20H21NO5S2. The Morgan fingerprint density at radius 1 is 1.11 bits per heavy atom. The minimum absolute atomic E-state index is 0.0513. The molecule has 4 rings (SSSR count). The molecule has 6 nitrogen and oxygen atoms in total. The summed E-state index contributed by atoms with van der Waals surface area (Å²) in [4.78, 5) is 25.0. The average molecular weight is 420 g/mol. The zero-order valence-electron chi connectivity index (χ0n) is 15.4. The summed E-state index contributed by atoms with van der Waals surface area (Å²) in [6.45, 7) is -0.560. The van der Waals surface area contributed by atoms with Crippen LogP contribution in [0.1, 0.15) is 41.8 Å². The number of carboxylic acids is 2. The van der Waals surface area contributed by atoms with Gasteiger partial charge in [0.1, 0.15) is 0 Å². The topological polar surface area (TPSA) is 87.1 Å². The highest BCUT2D eigenvalue weighted by molar-refractivity contribution is 7.34. The Balaban J connectivity index is 1.83. The molecule has 1 aromatic carbocycles. The molecule has 3 aromatic rings. The molecule has 0 bridgehead atoms. The Labute approximate surface area is 170 Å². The molecule has 0 unspecified atom stereocenters. The van der Waals surface area contributed by atoms with Gasteiger partial charge < -0.3 is 19.8 Å². The number of rotatable bonds is 6. The lowest BCUT2D eigenvalue weighted by Crippen LogP contribution is -2.33. The fourth-order valence-corrected chi connectivity index (χ4v) is 6.58. The molecule has 1 aliphatic rings. The molecule has 1 fully saturated rings. The molecule has 0 radical (unpaired) electrons. The molecule has 0 aliphatic heterocycles. The predicted molar refractivity (Wildman–Crippen MR) is 113 cm³/mol. The number of thiophene rings is 2. The molecular weight excluding hydrogens is 398 g/mol. The predicted octanol–water partition coefficient (Wildman–Crippen LogP) is 5.05. The maximum absolute atomic E-state index is 11.6. The van der Waals surface area contributed by atoms with Crippen molar-refractivity contribution in [3.05, 3.63) is 23.1 Å². The van der Waals surface area contributed by atoms with Gasteiger partial charge in [0.05, 0.1) is 19.8 Å². The maximum atomic E-state index is 11.6. The molecule has 148 valence electrons. The molecule has 2 N–H and O–H groups in total. The first-order valence-electron chi connectivity index (χ1n) is 9.26. The van der Waals surface area contributed by atoms with Crippen molar-refractivity contribution in [2.45, 2.75) is 38.1 Å². The van der Waals surface area contributed by atoms with Crippen molar-refractivity contribution in [1.29, 1.82) is 0 Å². The van der Waals surface area contributed by atoms with E-state index in [4.69, 9.17) is 9.84 Å². The average Bonchev–Trinajstić information content (AvgIpc) is 3.22. The molecule has 8 heteroatoms. The van der Waals surface area contributed by atoms with Crippen molar-refractivity contribution in [1.82, 2.24) is 0 Å². The highest BCUT2D eigenvalue weighted by Gasteiger charge is 2.26. The van der Waals surface area contributed by atoms with Gasteiger partial charge in [-0.2, -0.15) is 0 Å². The summed E-state index contributed by atoms with van der Waals surface area (Å²) >= 11 is 2.63. The molecule has 2 aromatic heterocycles. The quantitative estimate of drug-likeness (QED) is 0.582. The first-order valence-corrected chi connectivity index (χ1v) is 10.9. The van der Waals surface area contributed by atoms with E-state index in [9.17, 15) is 14.7 Å². The van der Waals surface area contributed by atoms with E-state index in [1.165, 1.54) is 43.4 Å². The van der Waals surface area contributed by atoms with Crippen LogP contribution in [0, 0.1) is 0 Å². The van der Waals surface area contributed by atoms with E-state index in [1.807, 2.05) is 12.1 Å². The highest BCUT2D eigenvalue weighted by Crippen LogP contribution is 2.49. The third-order valence-corrected chi connectivity index (χ3v) is 7.85. The van der Waals surface area contributed by atoms with Crippen LogP contribution >= 0.6 is 22.7 Å². The number of ether oxygens (including phenoxy) is 1. The summed E-state index contributed by atoms with van der Waals surface area (Å²) in [6, 6.07) is 6.61. The van der Waals surface area contributed by atoms with Gasteiger partial charge in [0.15, 0.2) is 17.2 Å². The van der Waals surface area contributed by atoms with E-state index in [2.05, 4.69) is 18.0 Å². The largest absolute Gasteiger partial charge is 0.479 e. The minimum atomic E-state index is -1.13. The number of anilines is 1. The highest BCUT2D eigenvalue weighted by atomic mass is 32.1. The molecule has 0 amide bonds. The molecule has 1 aliphatic carbocycles. The van der Waals surface area contributed by atoms with Crippen molar-refractivity contribution in [3.63, 3.8) is 0 Å². The molecule has 28 heavy (non-hydrogen) atoms. The molecule has 0 saturated heterocycles. The van der Waals surface area contributed by atoms with Crippen molar-refractivity contribution < 1.29 is 24.5 Å². The van der Waals surface area contributed by atoms with Crippen LogP contribution in [-0.4, -0.2) is 41.8 Å². The number of hydrogen-bond donors (Lipinski definition) is 2. The summed E-state index contributed by atoms with van der Waals surface area (Å²) in [5.74, 6) is -2.06. The first-order chi connectivity index (χ1) is 13.5. The van der Waals surface area contributed by atoms with E-state index in [1.54, 1.807) is 0 Å². The van der Waals surface area contributed by atoms with Gasteiger partial charge in [0, 0.05) is 18.5 Å². The fraction of sp³-hybridized carbons (Fsp3) is 0.400. The second-order valence-electron chi connectivity index (χ2n) is 7.06. The SMILES string of the molecule is CN(c1cccc2c1sc1c(OCC(=O)O)c(C(=O)O)sc12)C1CCCCC1. The van der Waals surface area contributed by atoms with Crippen molar-refractivity contribution >= 4 is 59.8 Å². The lowest BCUT2D eigenvalue weighted by molar-refractivity contribution is -0.139. The van der Waals surface area contributed by atoms with Gasteiger partial charge in [-0.25, -0.2) is 9.59 Å². The number of carboxylic acid groups (broad SMARTS) is 2. The van der Waals surface area contributed by atoms with Crippen LogP contribution in [0.15, 0.2) is 18.2 Å². The van der Waals surface area contributed by atoms with Crippen LogP contribution in [-0.2, 0) is 4.79 Å². The lowest BCUT2D eigenvalue weighted by atomic mass is 9.94. The zero-order valence-corrected chi connectivity index (χ0v) is 17.1. The number of fused-ring (bicyclic) bond motifs is 3. The van der Waals surface area contributed by atoms with Crippen LogP contribution in [0.3, 0.4) is 0 Å². The van der Waals surface area contributed by atoms with Gasteiger partial charge >= 0.3 is 11.9 Å². The maximum Gasteiger partial charge on any atom is 0.349 e. The van der Waals surface area contributed by atoms with E-state index in [-0.39, 0.29) is 10.6 Å². The molecule has 2 heterocycles. The van der Waals surface area contributed by atoms with Gasteiger partial charge in [-0.15, -0.1) is 22.7 Å². The monoisotopic (exact) mass is 419 g/mol. The van der Waals surface area contributed by atoms with Crippen LogP contribution in [0.4, 0.5) is 5.69 Å². The number of carbonyl (C=O) groups is 2. The number of nitrogens with zero attached hydrogens (tertiary/aromatic N) is 1. The van der Waals surface area contributed by atoms with E-state index < -0.39 is 18.5 Å². The van der Waals surface area contributed by atoms with Crippen LogP contribution in [0.2, 0.25) is 0 Å². The number of aliphatic carboxylic acids is 1. The Bertz CT molecular complexity index is 1050. The smallest absolute Gasteiger partial charge is 0.349 e. The fourth-order valence-electron chi connectivity index (χ4n) is 3.93. The Kier molecular flexibility index (Phi) is 5.16. The summed E-state index contributed by atoms with van der Waals surface area (Å²) in [5, 5.41) is 19.5. The third kappa shape index (κ3) is 3.31. The number of aromatic carboxylic acids is 1. The van der Waals surface area contributed by atoms with E-state index >= 15 is 0 Å². The van der Waals surface area contributed by atoms with Crippen molar-refractivity contribution in [2.75, 3.05) is 18.6 Å². The standard InChI is InChI=1S/C20H21NO5S2/c1-21(11-6-3-2-4-7-11)13-9-5-8-12-16(13)27-18-15(26-10-14(22)23)19(20(24)25)28-17(12)18/h5,8-9,11H,2-4,6-7,10H2,1H3,(H,22,23)(H,24,25). The zero-order chi connectivity index (χ0) is 19.8. The molecule has 0 atom stereocenters. The summed E-state index contributed by atoms with van der Waals surface area (Å²) in [5.41, 5.74) is 1.14. The Morgan fingerprint density at radius 2 is 1.86 bits per heavy atom. The molecule has 0 spiro atoms. The van der Waals surface area contributed by atoms with Crippen LogP contribution < -0.4 is 9.64 Å². The number of hydrogen-bond acceptors (Lipinski definition) is 6. The second-order valence-corrected chi connectivity index (χ2v) is 9.11. The second kappa shape index (κ2) is 7.60.